The zero-order valence-electron chi connectivity index (χ0n) is 9.14. The average Bonchev–Trinajstić information content (AvgIpc) is 2.20. The van der Waals surface area contributed by atoms with E-state index in [0.29, 0.717) is 0 Å². The van der Waals surface area contributed by atoms with Gasteiger partial charge in [-0.3, -0.25) is 0 Å². The summed E-state index contributed by atoms with van der Waals surface area (Å²) in [7, 11) is 0. The topological polar surface area (TPSA) is 189 Å². The van der Waals surface area contributed by atoms with Crippen LogP contribution in [0.4, 0.5) is 0 Å². The van der Waals surface area contributed by atoms with E-state index in [9.17, 15) is 15.3 Å². The lowest BCUT2D eigenvalue weighted by Gasteiger charge is -2.37. The van der Waals surface area contributed by atoms with Crippen molar-refractivity contribution in [3.63, 3.8) is 0 Å². The SMILES string of the molecule is NC(N)=NC1CC(O)C(O)C(N=C(N)N)C1O. The molecule has 0 spiro atoms. The summed E-state index contributed by atoms with van der Waals surface area (Å²) >= 11 is 0. The molecule has 0 amide bonds. The number of aliphatic hydroxyl groups excluding tert-OH is 3. The van der Waals surface area contributed by atoms with Crippen LogP contribution in [0.1, 0.15) is 6.42 Å². The van der Waals surface area contributed by atoms with Gasteiger partial charge in [0.1, 0.15) is 18.2 Å². The molecular weight excluding hydrogens is 228 g/mol. The summed E-state index contributed by atoms with van der Waals surface area (Å²) in [5, 5.41) is 29.2. The highest BCUT2D eigenvalue weighted by atomic mass is 16.3. The van der Waals surface area contributed by atoms with Crippen LogP contribution in [0.3, 0.4) is 0 Å². The second-order valence-corrected chi connectivity index (χ2v) is 3.95. The molecule has 5 atom stereocenters. The maximum absolute atomic E-state index is 9.91. The van der Waals surface area contributed by atoms with Crippen LogP contribution in [-0.4, -0.2) is 57.6 Å². The Morgan fingerprint density at radius 1 is 0.882 bits per heavy atom. The van der Waals surface area contributed by atoms with Gasteiger partial charge in [-0.05, 0) is 0 Å². The predicted octanol–water partition coefficient (Wildman–Crippen LogP) is -4.24. The normalized spacial score (nSPS) is 37.2. The maximum Gasteiger partial charge on any atom is 0.186 e. The van der Waals surface area contributed by atoms with E-state index in [0.717, 1.165) is 0 Å². The Labute approximate surface area is 97.8 Å². The lowest BCUT2D eigenvalue weighted by molar-refractivity contribution is -0.0720. The van der Waals surface area contributed by atoms with E-state index < -0.39 is 30.4 Å². The number of nitrogens with zero attached hydrogens (tertiary/aromatic N) is 2. The van der Waals surface area contributed by atoms with E-state index in [1.54, 1.807) is 0 Å². The second kappa shape index (κ2) is 5.17. The molecule has 0 heterocycles. The van der Waals surface area contributed by atoms with Crippen molar-refractivity contribution in [3.8, 4) is 0 Å². The largest absolute Gasteiger partial charge is 0.390 e. The van der Waals surface area contributed by atoms with Gasteiger partial charge in [0.05, 0.1) is 12.1 Å². The Balaban J connectivity index is 2.94. The summed E-state index contributed by atoms with van der Waals surface area (Å²) in [6.45, 7) is 0. The summed E-state index contributed by atoms with van der Waals surface area (Å²) in [6, 6.07) is -1.82. The number of hydrogen-bond donors (Lipinski definition) is 7. The maximum atomic E-state index is 9.91. The van der Waals surface area contributed by atoms with Crippen LogP contribution in [0.25, 0.3) is 0 Å². The van der Waals surface area contributed by atoms with Gasteiger partial charge in [-0.1, -0.05) is 0 Å². The van der Waals surface area contributed by atoms with E-state index in [-0.39, 0.29) is 18.3 Å². The molecule has 11 N–H and O–H groups in total. The Morgan fingerprint density at radius 2 is 1.41 bits per heavy atom. The summed E-state index contributed by atoms with van der Waals surface area (Å²) in [5.74, 6) is -0.522. The molecule has 0 saturated heterocycles. The van der Waals surface area contributed by atoms with Crippen LogP contribution in [0, 0.1) is 0 Å². The number of aliphatic imine (C=N–C) groups is 2. The standard InChI is InChI=1S/C8H18N6O3/c9-7(10)13-2-1-3(15)6(17)4(5(2)16)14-8(11)12/h2-6,15-17H,1H2,(H4,9,10,13)(H4,11,12,14). The Morgan fingerprint density at radius 3 is 1.88 bits per heavy atom. The van der Waals surface area contributed by atoms with Crippen LogP contribution >= 0.6 is 0 Å². The van der Waals surface area contributed by atoms with Gasteiger partial charge in [0.25, 0.3) is 0 Å². The third-order valence-electron chi connectivity index (χ3n) is 2.58. The van der Waals surface area contributed by atoms with E-state index >= 15 is 0 Å². The lowest BCUT2D eigenvalue weighted by atomic mass is 9.84. The minimum atomic E-state index is -1.27. The first-order valence-corrected chi connectivity index (χ1v) is 5.04. The minimum Gasteiger partial charge on any atom is -0.390 e. The van der Waals surface area contributed by atoms with Gasteiger partial charge in [-0.25, -0.2) is 9.98 Å². The molecular formula is C8H18N6O3. The number of rotatable bonds is 2. The van der Waals surface area contributed by atoms with Gasteiger partial charge >= 0.3 is 0 Å². The second-order valence-electron chi connectivity index (χ2n) is 3.95. The molecule has 0 radical (unpaired) electrons. The van der Waals surface area contributed by atoms with Gasteiger partial charge in [-0.15, -0.1) is 0 Å². The average molecular weight is 246 g/mol. The Bertz CT molecular complexity index is 325. The summed E-state index contributed by atoms with van der Waals surface area (Å²) in [4.78, 5) is 7.43. The summed E-state index contributed by atoms with van der Waals surface area (Å²) < 4.78 is 0. The van der Waals surface area contributed by atoms with Crippen LogP contribution in [-0.2, 0) is 0 Å². The quantitative estimate of drug-likeness (QED) is 0.189. The third-order valence-corrected chi connectivity index (χ3v) is 2.58. The van der Waals surface area contributed by atoms with Crippen LogP contribution in [0.5, 0.6) is 0 Å². The first kappa shape index (κ1) is 13.5. The fraction of sp³-hybridized carbons (Fsp3) is 0.750. The van der Waals surface area contributed by atoms with Crippen molar-refractivity contribution in [1.82, 2.24) is 0 Å². The fourth-order valence-electron chi connectivity index (χ4n) is 1.83. The van der Waals surface area contributed by atoms with Crippen molar-refractivity contribution in [2.75, 3.05) is 0 Å². The van der Waals surface area contributed by atoms with Gasteiger partial charge in [0.15, 0.2) is 11.9 Å². The zero-order chi connectivity index (χ0) is 13.2. The van der Waals surface area contributed by atoms with Crippen molar-refractivity contribution >= 4 is 11.9 Å². The molecule has 17 heavy (non-hydrogen) atoms. The minimum absolute atomic E-state index is 0.0245. The first-order chi connectivity index (χ1) is 7.82. The van der Waals surface area contributed by atoms with Crippen molar-refractivity contribution in [2.24, 2.45) is 32.9 Å². The Hall–Kier alpha value is -1.58. The van der Waals surface area contributed by atoms with E-state index in [2.05, 4.69) is 9.98 Å². The number of aliphatic hydroxyl groups is 3. The molecule has 1 rings (SSSR count). The summed E-state index contributed by atoms with van der Waals surface area (Å²) in [5.41, 5.74) is 20.8. The Kier molecular flexibility index (Phi) is 4.10. The highest BCUT2D eigenvalue weighted by Crippen LogP contribution is 2.25. The molecule has 0 aromatic rings. The van der Waals surface area contributed by atoms with Gasteiger partial charge in [-0.2, -0.15) is 0 Å². The fourth-order valence-corrected chi connectivity index (χ4v) is 1.83. The molecule has 0 aromatic carbocycles. The molecule has 0 aromatic heterocycles. The lowest BCUT2D eigenvalue weighted by Crippen LogP contribution is -2.55. The monoisotopic (exact) mass is 246 g/mol. The molecule has 9 heteroatoms. The summed E-state index contributed by atoms with van der Waals surface area (Å²) in [6.07, 6.45) is -3.52. The third kappa shape index (κ3) is 3.19. The molecule has 0 bridgehead atoms. The number of guanidine groups is 2. The molecule has 9 nitrogen and oxygen atoms in total. The highest BCUT2D eigenvalue weighted by molar-refractivity contribution is 5.76. The molecule has 5 unspecified atom stereocenters. The van der Waals surface area contributed by atoms with Crippen molar-refractivity contribution in [2.45, 2.75) is 36.8 Å². The molecule has 1 aliphatic rings. The molecule has 1 saturated carbocycles. The van der Waals surface area contributed by atoms with E-state index in [1.165, 1.54) is 0 Å². The predicted molar refractivity (Wildman–Crippen MR) is 61.8 cm³/mol. The molecule has 1 fully saturated rings. The van der Waals surface area contributed by atoms with Gasteiger partial charge in [0, 0.05) is 6.42 Å². The van der Waals surface area contributed by atoms with Crippen LogP contribution < -0.4 is 22.9 Å². The van der Waals surface area contributed by atoms with Crippen molar-refractivity contribution < 1.29 is 15.3 Å². The van der Waals surface area contributed by atoms with Crippen LogP contribution in [0.15, 0.2) is 9.98 Å². The highest BCUT2D eigenvalue weighted by Gasteiger charge is 2.43. The number of hydrogen-bond acceptors (Lipinski definition) is 5. The van der Waals surface area contributed by atoms with Crippen LogP contribution in [0.2, 0.25) is 0 Å². The van der Waals surface area contributed by atoms with Gasteiger partial charge < -0.3 is 38.3 Å². The van der Waals surface area contributed by atoms with E-state index in [4.69, 9.17) is 22.9 Å². The van der Waals surface area contributed by atoms with E-state index in [1.807, 2.05) is 0 Å². The molecule has 0 aliphatic heterocycles. The molecule has 98 valence electrons. The first-order valence-electron chi connectivity index (χ1n) is 5.04. The number of nitrogens with two attached hydrogens (primary N) is 4. The van der Waals surface area contributed by atoms with Crippen molar-refractivity contribution in [1.29, 1.82) is 0 Å². The molecule has 1 aliphatic carbocycles. The zero-order valence-corrected chi connectivity index (χ0v) is 9.14. The van der Waals surface area contributed by atoms with Crippen molar-refractivity contribution in [3.05, 3.63) is 0 Å². The smallest absolute Gasteiger partial charge is 0.186 e. The van der Waals surface area contributed by atoms with Gasteiger partial charge in [0.2, 0.25) is 0 Å².